The number of anilines is 1. The summed E-state index contributed by atoms with van der Waals surface area (Å²) in [4.78, 5) is 5.39. The number of morpholine rings is 1. The molecule has 1 saturated heterocycles. The molecular formula is C24H25N3OS. The lowest BCUT2D eigenvalue weighted by Crippen LogP contribution is -2.30. The van der Waals surface area contributed by atoms with Gasteiger partial charge in [0.2, 0.25) is 0 Å². The van der Waals surface area contributed by atoms with E-state index in [1.54, 1.807) is 11.9 Å². The van der Waals surface area contributed by atoms with Gasteiger partial charge in [0.1, 0.15) is 0 Å². The molecule has 0 aromatic heterocycles. The quantitative estimate of drug-likeness (QED) is 0.409. The molecular weight excluding hydrogens is 378 g/mol. The largest absolute Gasteiger partial charge is 0.379 e. The van der Waals surface area contributed by atoms with Crippen molar-refractivity contribution in [3.63, 3.8) is 0 Å². The zero-order chi connectivity index (χ0) is 19.9. The molecule has 29 heavy (non-hydrogen) atoms. The first-order chi connectivity index (χ1) is 14.3. The van der Waals surface area contributed by atoms with Crippen molar-refractivity contribution in [1.82, 2.24) is 4.31 Å². The lowest BCUT2D eigenvalue weighted by atomic mass is 10.0. The summed E-state index contributed by atoms with van der Waals surface area (Å²) < 4.78 is 7.74. The highest BCUT2D eigenvalue weighted by molar-refractivity contribution is 7.97. The molecule has 1 aliphatic rings. The number of rotatable bonds is 7. The summed E-state index contributed by atoms with van der Waals surface area (Å²) in [6, 6.07) is 25.4. The van der Waals surface area contributed by atoms with Gasteiger partial charge >= 0.3 is 0 Å². The second-order valence-corrected chi connectivity index (χ2v) is 8.06. The highest BCUT2D eigenvalue weighted by Gasteiger charge is 2.12. The topological polar surface area (TPSA) is 36.9 Å². The molecule has 5 heteroatoms. The molecule has 148 valence electrons. The molecule has 4 nitrogen and oxygen atoms in total. The van der Waals surface area contributed by atoms with Crippen LogP contribution in [0.5, 0.6) is 0 Å². The SMILES string of the molecule is C=Nc1cc(SN2CCOCC2)ccc1NCc1ccc(-c2ccccc2)cc1. The van der Waals surface area contributed by atoms with Crippen LogP contribution in [0.1, 0.15) is 5.56 Å². The van der Waals surface area contributed by atoms with Crippen LogP contribution in [-0.4, -0.2) is 37.3 Å². The Kier molecular flexibility index (Phi) is 6.62. The van der Waals surface area contributed by atoms with Crippen LogP contribution in [-0.2, 0) is 11.3 Å². The van der Waals surface area contributed by atoms with Gasteiger partial charge in [-0.05, 0) is 53.6 Å². The minimum atomic E-state index is 0.744. The van der Waals surface area contributed by atoms with E-state index in [-0.39, 0.29) is 0 Å². The number of hydrogen-bond acceptors (Lipinski definition) is 5. The molecule has 0 unspecified atom stereocenters. The molecule has 0 amide bonds. The number of aliphatic imine (C=N–C) groups is 1. The summed E-state index contributed by atoms with van der Waals surface area (Å²) in [5, 5.41) is 3.49. The van der Waals surface area contributed by atoms with E-state index in [0.717, 1.165) is 44.2 Å². The van der Waals surface area contributed by atoms with E-state index in [1.807, 2.05) is 6.07 Å². The summed E-state index contributed by atoms with van der Waals surface area (Å²) in [6.45, 7) is 7.97. The van der Waals surface area contributed by atoms with Crippen LogP contribution in [0.3, 0.4) is 0 Å². The van der Waals surface area contributed by atoms with Crippen molar-refractivity contribution < 1.29 is 4.74 Å². The standard InChI is InChI=1S/C24H25N3OS/c1-25-24-17-22(29-27-13-15-28-16-14-27)11-12-23(24)26-18-19-7-9-21(10-8-19)20-5-3-2-4-6-20/h2-12,17,26H,1,13-16,18H2. The van der Waals surface area contributed by atoms with E-state index in [0.29, 0.717) is 0 Å². The average molecular weight is 404 g/mol. The number of benzene rings is 3. The van der Waals surface area contributed by atoms with Gasteiger partial charge in [-0.25, -0.2) is 4.31 Å². The van der Waals surface area contributed by atoms with Crippen LogP contribution in [0.25, 0.3) is 11.1 Å². The van der Waals surface area contributed by atoms with Gasteiger partial charge < -0.3 is 10.1 Å². The van der Waals surface area contributed by atoms with Gasteiger partial charge in [-0.3, -0.25) is 4.99 Å². The van der Waals surface area contributed by atoms with E-state index in [2.05, 4.69) is 88.1 Å². The zero-order valence-electron chi connectivity index (χ0n) is 16.4. The Labute approximate surface area is 176 Å². The summed E-state index contributed by atoms with van der Waals surface area (Å²) >= 11 is 1.75. The van der Waals surface area contributed by atoms with Crippen molar-refractivity contribution >= 4 is 30.0 Å². The summed E-state index contributed by atoms with van der Waals surface area (Å²) in [6.07, 6.45) is 0. The first-order valence-corrected chi connectivity index (χ1v) is 10.6. The van der Waals surface area contributed by atoms with Gasteiger partial charge in [0.05, 0.1) is 24.6 Å². The zero-order valence-corrected chi connectivity index (χ0v) is 17.2. The molecule has 0 radical (unpaired) electrons. The van der Waals surface area contributed by atoms with Gasteiger partial charge in [0.25, 0.3) is 0 Å². The second-order valence-electron chi connectivity index (χ2n) is 6.89. The third kappa shape index (κ3) is 5.26. The molecule has 4 rings (SSSR count). The fourth-order valence-corrected chi connectivity index (χ4v) is 4.20. The summed E-state index contributed by atoms with van der Waals surface area (Å²) in [7, 11) is 0. The van der Waals surface area contributed by atoms with Gasteiger partial charge in [-0.2, -0.15) is 0 Å². The van der Waals surface area contributed by atoms with Crippen LogP contribution in [0.4, 0.5) is 11.4 Å². The Morgan fingerprint density at radius 3 is 2.38 bits per heavy atom. The smallest absolute Gasteiger partial charge is 0.0865 e. The second kappa shape index (κ2) is 9.74. The Balaban J connectivity index is 1.39. The molecule has 0 aliphatic carbocycles. The van der Waals surface area contributed by atoms with E-state index in [4.69, 9.17) is 4.74 Å². The van der Waals surface area contributed by atoms with Crippen molar-refractivity contribution in [2.45, 2.75) is 11.4 Å². The minimum absolute atomic E-state index is 0.744. The van der Waals surface area contributed by atoms with Crippen LogP contribution in [0, 0.1) is 0 Å². The molecule has 0 saturated carbocycles. The highest BCUT2D eigenvalue weighted by Crippen LogP contribution is 2.32. The maximum Gasteiger partial charge on any atom is 0.0865 e. The average Bonchev–Trinajstić information content (AvgIpc) is 2.80. The first kappa shape index (κ1) is 19.7. The number of nitrogens with zero attached hydrogens (tertiary/aromatic N) is 2. The Bertz CT molecular complexity index is 938. The summed E-state index contributed by atoms with van der Waals surface area (Å²) in [5.74, 6) is 0. The fourth-order valence-electron chi connectivity index (χ4n) is 3.28. The normalized spacial score (nSPS) is 14.5. The Hall–Kier alpha value is -2.60. The monoisotopic (exact) mass is 403 g/mol. The van der Waals surface area contributed by atoms with Gasteiger partial charge in [-0.1, -0.05) is 54.6 Å². The molecule has 1 aliphatic heterocycles. The Morgan fingerprint density at radius 2 is 1.66 bits per heavy atom. The van der Waals surface area contributed by atoms with Crippen molar-refractivity contribution in [2.24, 2.45) is 4.99 Å². The van der Waals surface area contributed by atoms with Crippen molar-refractivity contribution in [3.8, 4) is 11.1 Å². The molecule has 3 aromatic carbocycles. The molecule has 0 spiro atoms. The first-order valence-electron chi connectivity index (χ1n) is 9.81. The predicted molar refractivity (Wildman–Crippen MR) is 123 cm³/mol. The van der Waals surface area contributed by atoms with Crippen LogP contribution >= 0.6 is 11.9 Å². The third-order valence-electron chi connectivity index (χ3n) is 4.89. The minimum Gasteiger partial charge on any atom is -0.379 e. The number of nitrogens with one attached hydrogen (secondary N) is 1. The van der Waals surface area contributed by atoms with Gasteiger partial charge in [-0.15, -0.1) is 0 Å². The number of ether oxygens (including phenoxy) is 1. The molecule has 0 bridgehead atoms. The molecule has 0 atom stereocenters. The third-order valence-corrected chi connectivity index (χ3v) is 5.98. The van der Waals surface area contributed by atoms with E-state index < -0.39 is 0 Å². The predicted octanol–water partition coefficient (Wildman–Crippen LogP) is 5.64. The van der Waals surface area contributed by atoms with Gasteiger partial charge in [0, 0.05) is 24.5 Å². The van der Waals surface area contributed by atoms with E-state index in [9.17, 15) is 0 Å². The molecule has 1 N–H and O–H groups in total. The fraction of sp³-hybridized carbons (Fsp3) is 0.208. The van der Waals surface area contributed by atoms with Crippen LogP contribution in [0.2, 0.25) is 0 Å². The molecule has 1 heterocycles. The number of hydrogen-bond donors (Lipinski definition) is 1. The lowest BCUT2D eigenvalue weighted by molar-refractivity contribution is 0.0773. The summed E-state index contributed by atoms with van der Waals surface area (Å²) in [5.41, 5.74) is 5.57. The van der Waals surface area contributed by atoms with Crippen molar-refractivity contribution in [2.75, 3.05) is 31.6 Å². The van der Waals surface area contributed by atoms with E-state index >= 15 is 0 Å². The Morgan fingerprint density at radius 1 is 0.931 bits per heavy atom. The van der Waals surface area contributed by atoms with Crippen LogP contribution < -0.4 is 5.32 Å². The maximum absolute atomic E-state index is 5.41. The van der Waals surface area contributed by atoms with Gasteiger partial charge in [0.15, 0.2) is 0 Å². The van der Waals surface area contributed by atoms with Crippen molar-refractivity contribution in [3.05, 3.63) is 78.4 Å². The van der Waals surface area contributed by atoms with Crippen LogP contribution in [0.15, 0.2) is 82.7 Å². The highest BCUT2D eigenvalue weighted by atomic mass is 32.2. The lowest BCUT2D eigenvalue weighted by Gasteiger charge is -2.25. The van der Waals surface area contributed by atoms with E-state index in [1.165, 1.54) is 21.6 Å². The molecule has 1 fully saturated rings. The van der Waals surface area contributed by atoms with Crippen molar-refractivity contribution in [1.29, 1.82) is 0 Å². The molecule has 3 aromatic rings. The maximum atomic E-state index is 5.41.